The van der Waals surface area contributed by atoms with Gasteiger partial charge < -0.3 is 14.4 Å². The number of benzene rings is 3. The third-order valence-electron chi connectivity index (χ3n) is 15.1. The number of methoxy groups -OCH3 is 2. The number of piperidine rings is 1. The van der Waals surface area contributed by atoms with Gasteiger partial charge in [0.25, 0.3) is 16.7 Å². The lowest BCUT2D eigenvalue weighted by Gasteiger charge is -2.32. The monoisotopic (exact) mass is 1100 g/mol. The topological polar surface area (TPSA) is 172 Å². The lowest BCUT2D eigenvalue weighted by atomic mass is 10.0. The van der Waals surface area contributed by atoms with Crippen LogP contribution in [0.15, 0.2) is 106 Å². The van der Waals surface area contributed by atoms with E-state index in [4.69, 9.17) is 9.47 Å². The van der Waals surface area contributed by atoms with Crippen LogP contribution < -0.4 is 26.2 Å². The van der Waals surface area contributed by atoms with Gasteiger partial charge in [0, 0.05) is 54.5 Å². The number of halogens is 1. The van der Waals surface area contributed by atoms with Gasteiger partial charge in [-0.1, -0.05) is 20.3 Å². The Labute approximate surface area is 457 Å². The van der Waals surface area contributed by atoms with Crippen LogP contribution in [-0.2, 0) is 19.6 Å². The van der Waals surface area contributed by atoms with Gasteiger partial charge in [0.2, 0.25) is 0 Å². The summed E-state index contributed by atoms with van der Waals surface area (Å²) in [7, 11) is 5.41. The summed E-state index contributed by atoms with van der Waals surface area (Å²) in [6.45, 7) is 11.7. The van der Waals surface area contributed by atoms with Crippen LogP contribution in [-0.4, -0.2) is 129 Å². The fourth-order valence-corrected chi connectivity index (χ4v) is 13.1. The molecule has 12 rings (SSSR count). The molecule has 0 aliphatic carbocycles. The highest BCUT2D eigenvalue weighted by atomic mass is 32.1. The minimum atomic E-state index is -0.296. The van der Waals surface area contributed by atoms with E-state index >= 15 is 0 Å². The van der Waals surface area contributed by atoms with Crippen molar-refractivity contribution in [3.8, 4) is 45.3 Å². The molecule has 0 spiro atoms. The number of ether oxygens (including phenoxy) is 2. The Bertz CT molecular complexity index is 3500. The van der Waals surface area contributed by atoms with Crippen molar-refractivity contribution in [2.45, 2.75) is 96.6 Å². The Balaban J connectivity index is 0.000000131. The van der Waals surface area contributed by atoms with Crippen LogP contribution in [0, 0.1) is 5.82 Å². The van der Waals surface area contributed by atoms with Crippen molar-refractivity contribution in [3.63, 3.8) is 0 Å². The van der Waals surface area contributed by atoms with Crippen LogP contribution >= 0.6 is 34.6 Å². The second-order valence-electron chi connectivity index (χ2n) is 19.7. The first-order valence-electron chi connectivity index (χ1n) is 26.3. The summed E-state index contributed by atoms with van der Waals surface area (Å²) in [4.78, 5) is 59.5. The van der Waals surface area contributed by atoms with E-state index < -0.39 is 0 Å². The summed E-state index contributed by atoms with van der Waals surface area (Å²) in [5.41, 5.74) is 6.73. The molecule has 0 N–H and O–H groups in total. The van der Waals surface area contributed by atoms with Crippen LogP contribution in [0.25, 0.3) is 64.4 Å². The highest BCUT2D eigenvalue weighted by molar-refractivity contribution is 7.14. The number of aromatic nitrogens is 9. The van der Waals surface area contributed by atoms with Gasteiger partial charge in [-0.25, -0.2) is 19.3 Å². The standard InChI is InChI=1S/2C19H22N4O2S.C18H19FN4OS/c1-22-10-4-3-5-14(22)11-23-12-20-17-16(21-26-18(17)19(23)24)13-6-8-15(25-2)9-7-13;1-3-22-10-4-5-14(22)11-23-12-20-17-16(21-26-18(17)19(23)24)13-6-8-15(25-2)9-7-13;1-2-22-9-3-4-14(22)10-23-11-20-16-15(21-25-17(16)18(23)24)12-5-7-13(19)8-6-12/h2*6-9,12,14H,3-5,10-11H2,1-2H3;5-8,11,14H,2-4,9-10H2,1H3. The molecule has 3 aliphatic heterocycles. The van der Waals surface area contributed by atoms with Crippen molar-refractivity contribution in [1.29, 1.82) is 0 Å². The summed E-state index contributed by atoms with van der Waals surface area (Å²) in [5.74, 6) is 1.29. The first-order chi connectivity index (χ1) is 37.5. The van der Waals surface area contributed by atoms with Gasteiger partial charge in [-0.05, 0) is 186 Å². The Hall–Kier alpha value is -6.62. The molecule has 3 atom stereocenters. The fourth-order valence-electron chi connectivity index (χ4n) is 10.7. The largest absolute Gasteiger partial charge is 0.497 e. The van der Waals surface area contributed by atoms with E-state index in [1.165, 1.54) is 72.4 Å². The van der Waals surface area contributed by atoms with E-state index in [-0.39, 0.29) is 22.5 Å². The number of hydrogen-bond acceptors (Lipinski definition) is 17. The number of likely N-dealkylation sites (tertiary alicyclic amines) is 3. The normalized spacial score (nSPS) is 18.1. The molecule has 3 saturated heterocycles. The molecule has 0 amide bonds. The van der Waals surface area contributed by atoms with E-state index in [1.54, 1.807) is 59.0 Å². The summed E-state index contributed by atoms with van der Waals surface area (Å²) in [5, 5.41) is 0. The molecule has 9 aromatic rings. The Morgan fingerprint density at radius 3 is 1.23 bits per heavy atom. The minimum absolute atomic E-state index is 0.00577. The number of nitrogens with zero attached hydrogens (tertiary/aromatic N) is 12. The van der Waals surface area contributed by atoms with Gasteiger partial charge in [0.1, 0.15) is 65.0 Å². The molecule has 3 fully saturated rings. The molecule has 0 radical (unpaired) electrons. The molecule has 21 heteroatoms. The van der Waals surface area contributed by atoms with Gasteiger partial charge in [0.15, 0.2) is 0 Å². The summed E-state index contributed by atoms with van der Waals surface area (Å²) in [6.07, 6.45) is 13.2. The number of rotatable bonds is 13. The van der Waals surface area contributed by atoms with Gasteiger partial charge in [0.05, 0.1) is 33.2 Å². The van der Waals surface area contributed by atoms with E-state index in [0.717, 1.165) is 91.6 Å². The van der Waals surface area contributed by atoms with Crippen LogP contribution in [0.5, 0.6) is 11.5 Å². The lowest BCUT2D eigenvalue weighted by molar-refractivity contribution is 0.166. The zero-order valence-corrected chi connectivity index (χ0v) is 46.5. The molecule has 0 bridgehead atoms. The van der Waals surface area contributed by atoms with Crippen molar-refractivity contribution in [2.75, 3.05) is 54.0 Å². The number of hydrogen-bond donors (Lipinski definition) is 0. The van der Waals surface area contributed by atoms with Crippen LogP contribution in [0.2, 0.25) is 0 Å². The first-order valence-corrected chi connectivity index (χ1v) is 28.6. The Kier molecular flexibility index (Phi) is 17.0. The molecular formula is C56H63FN12O5S3. The molecule has 3 aliphatic rings. The quantitative estimate of drug-likeness (QED) is 0.107. The molecule has 77 heavy (non-hydrogen) atoms. The average Bonchev–Trinajstić information content (AvgIpc) is 4.41. The molecular weight excluding hydrogens is 1040 g/mol. The minimum Gasteiger partial charge on any atom is -0.497 e. The maximum absolute atomic E-state index is 13.1. The average molecular weight is 1100 g/mol. The van der Waals surface area contributed by atoms with E-state index in [2.05, 4.69) is 63.7 Å². The lowest BCUT2D eigenvalue weighted by Crippen LogP contribution is -2.41. The molecule has 17 nitrogen and oxygen atoms in total. The summed E-state index contributed by atoms with van der Waals surface area (Å²) < 4.78 is 43.9. The molecule has 9 heterocycles. The predicted molar refractivity (Wildman–Crippen MR) is 305 cm³/mol. The zero-order valence-electron chi connectivity index (χ0n) is 44.0. The second kappa shape index (κ2) is 24.4. The van der Waals surface area contributed by atoms with Gasteiger partial charge in [-0.15, -0.1) is 0 Å². The maximum Gasteiger partial charge on any atom is 0.272 e. The molecule has 402 valence electrons. The second-order valence-corrected chi connectivity index (χ2v) is 22.0. The number of likely N-dealkylation sites (N-methyl/N-ethyl adjacent to an activating group) is 3. The third-order valence-corrected chi connectivity index (χ3v) is 17.6. The van der Waals surface area contributed by atoms with E-state index in [0.29, 0.717) is 74.1 Å². The van der Waals surface area contributed by atoms with Crippen LogP contribution in [0.4, 0.5) is 4.39 Å². The highest BCUT2D eigenvalue weighted by Gasteiger charge is 2.27. The smallest absolute Gasteiger partial charge is 0.272 e. The molecule has 3 aromatic carbocycles. The van der Waals surface area contributed by atoms with Gasteiger partial charge >= 0.3 is 0 Å². The van der Waals surface area contributed by atoms with E-state index in [1.807, 2.05) is 48.5 Å². The first kappa shape index (κ1) is 53.8. The Morgan fingerprint density at radius 2 is 0.870 bits per heavy atom. The van der Waals surface area contributed by atoms with Crippen molar-refractivity contribution >= 4 is 65.2 Å². The third kappa shape index (κ3) is 11.7. The summed E-state index contributed by atoms with van der Waals surface area (Å²) >= 11 is 3.63. The summed E-state index contributed by atoms with van der Waals surface area (Å²) in [6, 6.07) is 22.6. The predicted octanol–water partition coefficient (Wildman–Crippen LogP) is 9.17. The zero-order chi connectivity index (χ0) is 53.6. The molecule has 6 aromatic heterocycles. The van der Waals surface area contributed by atoms with Crippen LogP contribution in [0.3, 0.4) is 0 Å². The fraction of sp³-hybridized carbons (Fsp3) is 0.411. The van der Waals surface area contributed by atoms with E-state index in [9.17, 15) is 18.8 Å². The van der Waals surface area contributed by atoms with Crippen molar-refractivity contribution in [1.82, 2.24) is 56.5 Å². The van der Waals surface area contributed by atoms with Gasteiger partial charge in [-0.3, -0.25) is 37.9 Å². The molecule has 0 saturated carbocycles. The van der Waals surface area contributed by atoms with Crippen molar-refractivity contribution < 1.29 is 13.9 Å². The van der Waals surface area contributed by atoms with Crippen LogP contribution in [0.1, 0.15) is 58.8 Å². The Morgan fingerprint density at radius 1 is 0.506 bits per heavy atom. The molecule has 3 unspecified atom stereocenters. The van der Waals surface area contributed by atoms with Crippen molar-refractivity contribution in [2.24, 2.45) is 0 Å². The SMILES string of the molecule is CCN1CCCC1Cn1cnc2c(-c3ccc(F)cc3)nsc2c1=O.CCN1CCCC1Cn1cnc2c(-c3ccc(OC)cc3)nsc2c1=O.COc1ccc(-c2nsc3c(=O)n(CC4CCCCN4C)cnc23)cc1. The maximum atomic E-state index is 13.1. The highest BCUT2D eigenvalue weighted by Crippen LogP contribution is 2.32. The number of fused-ring (bicyclic) bond motifs is 3. The van der Waals surface area contributed by atoms with Crippen molar-refractivity contribution in [3.05, 3.63) is 129 Å². The van der Waals surface area contributed by atoms with Gasteiger partial charge in [-0.2, -0.15) is 13.1 Å².